The van der Waals surface area contributed by atoms with Crippen molar-refractivity contribution in [2.45, 2.75) is 11.8 Å². The molecular weight excluding hydrogens is 377 g/mol. The molecule has 0 saturated carbocycles. The average Bonchev–Trinajstić information content (AvgIpc) is 2.67. The highest BCUT2D eigenvalue weighted by molar-refractivity contribution is 7.92. The molecule has 0 unspecified atom stereocenters. The van der Waals surface area contributed by atoms with Crippen molar-refractivity contribution < 1.29 is 31.8 Å². The Morgan fingerprint density at radius 3 is 2.07 bits per heavy atom. The van der Waals surface area contributed by atoms with Gasteiger partial charge < -0.3 is 14.2 Å². The quantitative estimate of drug-likeness (QED) is 0.668. The second-order valence-electron chi connectivity index (χ2n) is 5.34. The first-order chi connectivity index (χ1) is 12.8. The maximum Gasteiger partial charge on any atom is 0.340 e. The SMILES string of the molecule is CCN(c1cc(OC)c(OC)cc1C(=O)OC)S(=O)(=O)c1ccc(F)cc1. The van der Waals surface area contributed by atoms with Crippen molar-refractivity contribution in [2.75, 3.05) is 32.2 Å². The Morgan fingerprint density at radius 1 is 1.04 bits per heavy atom. The predicted octanol–water partition coefficient (Wildman–Crippen LogP) is 2.84. The van der Waals surface area contributed by atoms with Gasteiger partial charge >= 0.3 is 5.97 Å². The van der Waals surface area contributed by atoms with E-state index in [4.69, 9.17) is 14.2 Å². The van der Waals surface area contributed by atoms with Crippen LogP contribution in [0.4, 0.5) is 10.1 Å². The van der Waals surface area contributed by atoms with Crippen LogP contribution in [-0.2, 0) is 14.8 Å². The largest absolute Gasteiger partial charge is 0.493 e. The van der Waals surface area contributed by atoms with E-state index in [1.54, 1.807) is 6.92 Å². The van der Waals surface area contributed by atoms with Crippen LogP contribution < -0.4 is 13.8 Å². The summed E-state index contributed by atoms with van der Waals surface area (Å²) in [5.74, 6) is -0.804. The van der Waals surface area contributed by atoms with Crippen LogP contribution in [0.15, 0.2) is 41.3 Å². The van der Waals surface area contributed by atoms with Gasteiger partial charge in [-0.2, -0.15) is 0 Å². The minimum atomic E-state index is -4.07. The van der Waals surface area contributed by atoms with Crippen LogP contribution in [0.3, 0.4) is 0 Å². The summed E-state index contributed by atoms with van der Waals surface area (Å²) in [5.41, 5.74) is 0.0500. The molecule has 0 aliphatic heterocycles. The van der Waals surface area contributed by atoms with Gasteiger partial charge in [0.15, 0.2) is 11.5 Å². The molecule has 0 aliphatic carbocycles. The number of halogens is 1. The lowest BCUT2D eigenvalue weighted by Crippen LogP contribution is -2.32. The van der Waals surface area contributed by atoms with Gasteiger partial charge in [0, 0.05) is 18.7 Å². The fraction of sp³-hybridized carbons (Fsp3) is 0.278. The van der Waals surface area contributed by atoms with Crippen LogP contribution in [0.1, 0.15) is 17.3 Å². The van der Waals surface area contributed by atoms with E-state index in [1.807, 2.05) is 0 Å². The first kappa shape index (κ1) is 20.5. The molecular formula is C18H20FNO6S. The summed E-state index contributed by atoms with van der Waals surface area (Å²) in [5, 5.41) is 0. The third-order valence-electron chi connectivity index (χ3n) is 3.86. The van der Waals surface area contributed by atoms with Crippen molar-refractivity contribution in [1.82, 2.24) is 0 Å². The number of nitrogens with zero attached hydrogens (tertiary/aromatic N) is 1. The number of esters is 1. The average molecular weight is 397 g/mol. The highest BCUT2D eigenvalue weighted by Gasteiger charge is 2.29. The van der Waals surface area contributed by atoms with E-state index in [0.717, 1.165) is 28.6 Å². The van der Waals surface area contributed by atoms with Crippen molar-refractivity contribution in [3.8, 4) is 11.5 Å². The first-order valence-corrected chi connectivity index (χ1v) is 9.36. The Kier molecular flexibility index (Phi) is 6.27. The molecule has 0 radical (unpaired) electrons. The molecule has 9 heteroatoms. The summed E-state index contributed by atoms with van der Waals surface area (Å²) in [4.78, 5) is 12.1. The number of hydrogen-bond acceptors (Lipinski definition) is 6. The van der Waals surface area contributed by atoms with E-state index in [9.17, 15) is 17.6 Å². The summed E-state index contributed by atoms with van der Waals surface area (Å²) in [6, 6.07) is 7.16. The van der Waals surface area contributed by atoms with E-state index in [0.29, 0.717) is 0 Å². The van der Waals surface area contributed by atoms with Crippen LogP contribution >= 0.6 is 0 Å². The molecule has 0 aromatic heterocycles. The summed E-state index contributed by atoms with van der Waals surface area (Å²) < 4.78 is 55.5. The van der Waals surface area contributed by atoms with Crippen molar-refractivity contribution in [3.63, 3.8) is 0 Å². The van der Waals surface area contributed by atoms with Gasteiger partial charge in [-0.3, -0.25) is 4.31 Å². The summed E-state index contributed by atoms with van der Waals surface area (Å²) >= 11 is 0. The molecule has 27 heavy (non-hydrogen) atoms. The molecule has 0 spiro atoms. The number of carbonyl (C=O) groups is 1. The fourth-order valence-electron chi connectivity index (χ4n) is 2.55. The van der Waals surface area contributed by atoms with E-state index >= 15 is 0 Å². The van der Waals surface area contributed by atoms with Gasteiger partial charge in [-0.1, -0.05) is 0 Å². The molecule has 0 amide bonds. The molecule has 0 aliphatic rings. The van der Waals surface area contributed by atoms with Crippen LogP contribution in [-0.4, -0.2) is 42.3 Å². The Hall–Kier alpha value is -2.81. The number of anilines is 1. The van der Waals surface area contributed by atoms with Gasteiger partial charge in [0.05, 0.1) is 37.5 Å². The van der Waals surface area contributed by atoms with E-state index < -0.39 is 21.8 Å². The Balaban J connectivity index is 2.71. The minimum absolute atomic E-state index is 0.0114. The third-order valence-corrected chi connectivity index (χ3v) is 5.77. The molecule has 0 fully saturated rings. The normalized spacial score (nSPS) is 11.0. The molecule has 0 bridgehead atoms. The zero-order valence-electron chi connectivity index (χ0n) is 15.4. The second kappa shape index (κ2) is 8.26. The second-order valence-corrected chi connectivity index (χ2v) is 7.20. The fourth-order valence-corrected chi connectivity index (χ4v) is 4.04. The first-order valence-electron chi connectivity index (χ1n) is 7.92. The van der Waals surface area contributed by atoms with Crippen LogP contribution in [0.2, 0.25) is 0 Å². The molecule has 0 N–H and O–H groups in total. The van der Waals surface area contributed by atoms with E-state index in [1.165, 1.54) is 33.5 Å². The standard InChI is InChI=1S/C18H20FNO6S/c1-5-20(27(22,23)13-8-6-12(19)7-9-13)15-11-17(25-3)16(24-2)10-14(15)18(21)26-4/h6-11H,5H2,1-4H3. The summed E-state index contributed by atoms with van der Waals surface area (Å²) in [7, 11) is -0.0918. The Morgan fingerprint density at radius 2 is 1.59 bits per heavy atom. The number of carbonyl (C=O) groups excluding carboxylic acids is 1. The number of benzene rings is 2. The molecule has 7 nitrogen and oxygen atoms in total. The molecule has 0 saturated heterocycles. The molecule has 2 rings (SSSR count). The third kappa shape index (κ3) is 3.97. The molecule has 0 heterocycles. The van der Waals surface area contributed by atoms with Gasteiger partial charge in [0.2, 0.25) is 0 Å². The lowest BCUT2D eigenvalue weighted by molar-refractivity contribution is 0.0601. The summed E-state index contributed by atoms with van der Waals surface area (Å²) in [6.45, 7) is 1.62. The number of hydrogen-bond donors (Lipinski definition) is 0. The van der Waals surface area contributed by atoms with Crippen LogP contribution in [0.25, 0.3) is 0 Å². The highest BCUT2D eigenvalue weighted by Crippen LogP contribution is 2.37. The highest BCUT2D eigenvalue weighted by atomic mass is 32.2. The molecule has 0 atom stereocenters. The van der Waals surface area contributed by atoms with Gasteiger partial charge in [-0.05, 0) is 31.2 Å². The molecule has 2 aromatic carbocycles. The number of sulfonamides is 1. The predicted molar refractivity (Wildman–Crippen MR) is 97.5 cm³/mol. The Labute approximate surface area is 157 Å². The zero-order chi connectivity index (χ0) is 20.2. The van der Waals surface area contributed by atoms with E-state index in [2.05, 4.69) is 0 Å². The Bertz CT molecular complexity index is 928. The van der Waals surface area contributed by atoms with Crippen LogP contribution in [0.5, 0.6) is 11.5 Å². The maximum absolute atomic E-state index is 13.2. The van der Waals surface area contributed by atoms with Gasteiger partial charge in [0.1, 0.15) is 5.82 Å². The number of methoxy groups -OCH3 is 3. The molecule has 146 valence electrons. The summed E-state index contributed by atoms with van der Waals surface area (Å²) in [6.07, 6.45) is 0. The van der Waals surface area contributed by atoms with Crippen molar-refractivity contribution in [3.05, 3.63) is 47.8 Å². The van der Waals surface area contributed by atoms with E-state index in [-0.39, 0.29) is 34.2 Å². The van der Waals surface area contributed by atoms with Gasteiger partial charge in [-0.25, -0.2) is 17.6 Å². The van der Waals surface area contributed by atoms with Crippen molar-refractivity contribution >= 4 is 21.7 Å². The molecule has 2 aromatic rings. The topological polar surface area (TPSA) is 82.1 Å². The lowest BCUT2D eigenvalue weighted by atomic mass is 10.1. The van der Waals surface area contributed by atoms with Crippen LogP contribution in [0, 0.1) is 5.82 Å². The van der Waals surface area contributed by atoms with Gasteiger partial charge in [-0.15, -0.1) is 0 Å². The van der Waals surface area contributed by atoms with Crippen molar-refractivity contribution in [2.24, 2.45) is 0 Å². The van der Waals surface area contributed by atoms with Gasteiger partial charge in [0.25, 0.3) is 10.0 Å². The zero-order valence-corrected chi connectivity index (χ0v) is 16.2. The monoisotopic (exact) mass is 397 g/mol. The number of rotatable bonds is 7. The lowest BCUT2D eigenvalue weighted by Gasteiger charge is -2.25. The minimum Gasteiger partial charge on any atom is -0.493 e. The van der Waals surface area contributed by atoms with Crippen molar-refractivity contribution in [1.29, 1.82) is 0 Å². The smallest absolute Gasteiger partial charge is 0.340 e. The number of ether oxygens (including phenoxy) is 3. The maximum atomic E-state index is 13.2.